The second-order valence-electron chi connectivity index (χ2n) is 13.2. The number of benzene rings is 2. The fraction of sp³-hybridized carbons (Fsp3) is 0.353. The van der Waals surface area contributed by atoms with E-state index in [1.54, 1.807) is 12.1 Å². The van der Waals surface area contributed by atoms with Gasteiger partial charge in [0.1, 0.15) is 40.0 Å². The molecule has 1 aliphatic heterocycles. The van der Waals surface area contributed by atoms with Crippen LogP contribution in [0.15, 0.2) is 60.8 Å². The molecule has 2 unspecified atom stereocenters. The van der Waals surface area contributed by atoms with Gasteiger partial charge in [-0.1, -0.05) is 6.07 Å². The van der Waals surface area contributed by atoms with Crippen molar-refractivity contribution >= 4 is 22.7 Å². The van der Waals surface area contributed by atoms with E-state index in [0.29, 0.717) is 10.9 Å². The molecule has 3 heterocycles. The monoisotopic (exact) mass is 666 g/mol. The number of aromatic nitrogens is 2. The highest BCUT2D eigenvalue weighted by atomic mass is 19.4. The van der Waals surface area contributed by atoms with Crippen molar-refractivity contribution in [3.05, 3.63) is 83.4 Å². The van der Waals surface area contributed by atoms with Crippen LogP contribution >= 0.6 is 0 Å². The highest BCUT2D eigenvalue weighted by Gasteiger charge is 2.74. The van der Waals surface area contributed by atoms with Crippen molar-refractivity contribution < 1.29 is 46.1 Å². The van der Waals surface area contributed by atoms with Crippen LogP contribution in [-0.2, 0) is 15.8 Å². The van der Waals surface area contributed by atoms with Gasteiger partial charge in [-0.3, -0.25) is 14.6 Å². The summed E-state index contributed by atoms with van der Waals surface area (Å²) in [6, 6.07) is 11.8. The molecule has 0 spiro atoms. The van der Waals surface area contributed by atoms with E-state index in [2.05, 4.69) is 20.6 Å². The first kappa shape index (κ1) is 30.5. The van der Waals surface area contributed by atoms with Crippen LogP contribution in [0, 0.1) is 5.82 Å². The Morgan fingerprint density at radius 2 is 1.83 bits per heavy atom. The molecule has 248 valence electrons. The Morgan fingerprint density at radius 3 is 2.50 bits per heavy atom. The molecule has 4 aliphatic carbocycles. The molecule has 2 amide bonds. The van der Waals surface area contributed by atoms with Crippen LogP contribution in [0.5, 0.6) is 11.5 Å². The zero-order valence-electron chi connectivity index (χ0n) is 25.3. The summed E-state index contributed by atoms with van der Waals surface area (Å²) in [5.41, 5.74) is -7.54. The number of nitrogens with one attached hydrogen (secondary N) is 2. The van der Waals surface area contributed by atoms with Crippen LogP contribution in [0.4, 0.5) is 22.0 Å². The largest absolute Gasteiger partial charge is 0.494 e. The van der Waals surface area contributed by atoms with Crippen LogP contribution in [0.1, 0.15) is 47.3 Å². The molecular formula is C34H27F5N4O5. The van der Waals surface area contributed by atoms with Gasteiger partial charge in [-0.15, -0.1) is 0 Å². The van der Waals surface area contributed by atoms with Crippen molar-refractivity contribution in [1.29, 1.82) is 0 Å². The van der Waals surface area contributed by atoms with Crippen molar-refractivity contribution in [2.75, 3.05) is 13.7 Å². The van der Waals surface area contributed by atoms with Gasteiger partial charge in [0.05, 0.1) is 19.3 Å². The highest BCUT2D eigenvalue weighted by molar-refractivity contribution is 6.00. The zero-order chi connectivity index (χ0) is 33.9. The Hall–Kier alpha value is -4.85. The second kappa shape index (κ2) is 9.84. The molecule has 0 saturated heterocycles. The van der Waals surface area contributed by atoms with Gasteiger partial charge in [-0.25, -0.2) is 13.8 Å². The number of hydrogen-bond donors (Lipinski definition) is 3. The molecule has 48 heavy (non-hydrogen) atoms. The lowest BCUT2D eigenvalue weighted by atomic mass is 9.47. The number of nitrogens with zero attached hydrogens (tertiary/aromatic N) is 2. The maximum absolute atomic E-state index is 14.9. The van der Waals surface area contributed by atoms with Gasteiger partial charge >= 0.3 is 6.18 Å². The van der Waals surface area contributed by atoms with E-state index in [9.17, 15) is 36.6 Å². The first-order valence-corrected chi connectivity index (χ1v) is 15.2. The number of amides is 2. The number of aliphatic hydroxyl groups is 1. The van der Waals surface area contributed by atoms with E-state index < -0.39 is 64.4 Å². The van der Waals surface area contributed by atoms with E-state index >= 15 is 0 Å². The van der Waals surface area contributed by atoms with E-state index in [0.717, 1.165) is 18.2 Å². The van der Waals surface area contributed by atoms with Crippen LogP contribution in [-0.4, -0.2) is 64.0 Å². The van der Waals surface area contributed by atoms with Crippen molar-refractivity contribution in [1.82, 2.24) is 20.6 Å². The van der Waals surface area contributed by atoms with Gasteiger partial charge in [0.15, 0.2) is 5.75 Å². The van der Waals surface area contributed by atoms with Crippen molar-refractivity contribution in [3.8, 4) is 22.8 Å². The number of fused-ring (bicyclic) bond motifs is 4. The molecule has 4 saturated carbocycles. The fourth-order valence-corrected chi connectivity index (χ4v) is 7.40. The minimum absolute atomic E-state index is 0.0294. The molecule has 0 radical (unpaired) electrons. The molecule has 3 N–H and O–H groups in total. The van der Waals surface area contributed by atoms with Crippen molar-refractivity contribution in [2.24, 2.45) is 0 Å². The summed E-state index contributed by atoms with van der Waals surface area (Å²) in [4.78, 5) is 35.4. The number of pyridine rings is 2. The summed E-state index contributed by atoms with van der Waals surface area (Å²) >= 11 is 0. The molecule has 2 aromatic carbocycles. The van der Waals surface area contributed by atoms with E-state index in [1.807, 2.05) is 0 Å². The highest BCUT2D eigenvalue weighted by Crippen LogP contribution is 2.65. The lowest BCUT2D eigenvalue weighted by Gasteiger charge is -2.65. The number of rotatable bonds is 8. The predicted octanol–water partition coefficient (Wildman–Crippen LogP) is 4.79. The molecule has 2 aromatic heterocycles. The smallest absolute Gasteiger partial charge is 0.424 e. The normalized spacial score (nSPS) is 27.4. The Kier molecular flexibility index (Phi) is 6.25. The molecule has 4 aromatic rings. The SMILES string of the molecule is COc1cc(C(=O)NCC(O)(c2cc3c(c(-c4ccc(F)cc4)n2)OC2C[C@@]32C(=O)NC23CC(F)(C2)C3)C(F)(F)F)cc2cccnc12. The van der Waals surface area contributed by atoms with Gasteiger partial charge in [-0.2, -0.15) is 13.2 Å². The number of methoxy groups -OCH3 is 1. The summed E-state index contributed by atoms with van der Waals surface area (Å²) in [5, 5.41) is 17.0. The topological polar surface area (TPSA) is 123 Å². The molecule has 3 atom stereocenters. The maximum atomic E-state index is 14.9. The molecule has 4 fully saturated rings. The third-order valence-corrected chi connectivity index (χ3v) is 10.0. The standard InChI is InChI=1S/C34H27F5N4O5/c1-47-22-10-19(9-18-3-2-8-40-25(18)22)28(44)41-16-33(46,34(37,38)39)23-11-21-27(26(42-23)17-4-6-20(35)7-5-17)48-24-12-32(21,24)29(45)43-31-13-30(36,14-31)15-31/h2-11,24,46H,12-16H2,1H3,(H,41,44)(H,43,45)/t24?,30?,31?,32-,33?/m1/s1. The third-order valence-electron chi connectivity index (χ3n) is 10.0. The van der Waals surface area contributed by atoms with Crippen LogP contribution in [0.2, 0.25) is 0 Å². The molecular weight excluding hydrogens is 639 g/mol. The molecule has 2 bridgehead atoms. The van der Waals surface area contributed by atoms with Gasteiger partial charge in [-0.05, 0) is 48.5 Å². The fourth-order valence-electron chi connectivity index (χ4n) is 7.40. The van der Waals surface area contributed by atoms with Crippen molar-refractivity contribution in [2.45, 2.75) is 60.2 Å². The number of hydrogen-bond acceptors (Lipinski definition) is 7. The van der Waals surface area contributed by atoms with Gasteiger partial charge in [0.2, 0.25) is 11.5 Å². The number of carbonyl (C=O) groups excluding carboxylic acids is 2. The van der Waals surface area contributed by atoms with Gasteiger partial charge < -0.3 is 25.2 Å². The summed E-state index contributed by atoms with van der Waals surface area (Å²) < 4.78 is 84.2. The first-order chi connectivity index (χ1) is 22.7. The maximum Gasteiger partial charge on any atom is 0.424 e. The third kappa shape index (κ3) is 4.37. The number of alkyl halides is 4. The second-order valence-corrected chi connectivity index (χ2v) is 13.2. The molecule has 14 heteroatoms. The average Bonchev–Trinajstić information content (AvgIpc) is 3.67. The lowest BCUT2D eigenvalue weighted by molar-refractivity contribution is -0.265. The van der Waals surface area contributed by atoms with Gasteiger partial charge in [0.25, 0.3) is 5.91 Å². The Labute approximate surface area is 269 Å². The first-order valence-electron chi connectivity index (χ1n) is 15.2. The van der Waals surface area contributed by atoms with Crippen molar-refractivity contribution in [3.63, 3.8) is 0 Å². The summed E-state index contributed by atoms with van der Waals surface area (Å²) in [5.74, 6) is -1.81. The molecule has 9 nitrogen and oxygen atoms in total. The number of carbonyl (C=O) groups is 2. The Morgan fingerprint density at radius 1 is 1.10 bits per heavy atom. The predicted molar refractivity (Wildman–Crippen MR) is 159 cm³/mol. The van der Waals surface area contributed by atoms with E-state index in [4.69, 9.17) is 9.47 Å². The minimum atomic E-state index is -5.37. The number of halogens is 5. The Bertz CT molecular complexity index is 2020. The summed E-state index contributed by atoms with van der Waals surface area (Å²) in [7, 11) is 1.36. The quantitative estimate of drug-likeness (QED) is 0.231. The zero-order valence-corrected chi connectivity index (χ0v) is 25.3. The lowest BCUT2D eigenvalue weighted by Crippen LogP contribution is -2.77. The van der Waals surface area contributed by atoms with E-state index in [-0.39, 0.29) is 59.6 Å². The summed E-state index contributed by atoms with van der Waals surface area (Å²) in [6.45, 7) is -1.34. The Balaban J connectivity index is 1.18. The molecule has 9 rings (SSSR count). The van der Waals surface area contributed by atoms with Crippen LogP contribution in [0.3, 0.4) is 0 Å². The van der Waals surface area contributed by atoms with Crippen LogP contribution < -0.4 is 20.1 Å². The number of ether oxygens (including phenoxy) is 2. The van der Waals surface area contributed by atoms with Gasteiger partial charge in [0, 0.05) is 59.5 Å². The molecule has 5 aliphatic rings. The summed E-state index contributed by atoms with van der Waals surface area (Å²) in [6.07, 6.45) is -3.94. The average molecular weight is 667 g/mol. The van der Waals surface area contributed by atoms with Crippen LogP contribution in [0.25, 0.3) is 22.2 Å². The van der Waals surface area contributed by atoms with E-state index in [1.165, 1.54) is 37.6 Å². The minimum Gasteiger partial charge on any atom is -0.494 e.